The molecule has 0 amide bonds. The van der Waals surface area contributed by atoms with Crippen molar-refractivity contribution in [2.24, 2.45) is 0 Å². The van der Waals surface area contributed by atoms with Crippen LogP contribution in [0.15, 0.2) is 168 Å². The summed E-state index contributed by atoms with van der Waals surface area (Å²) in [5, 5.41) is 4.53. The summed E-state index contributed by atoms with van der Waals surface area (Å²) in [6, 6.07) is 57.9. The molecule has 2 nitrogen and oxygen atoms in total. The van der Waals surface area contributed by atoms with Gasteiger partial charge in [0.15, 0.2) is 0 Å². The Kier molecular flexibility index (Phi) is 5.82. The fourth-order valence-electron chi connectivity index (χ4n) is 6.01. The van der Waals surface area contributed by atoms with Gasteiger partial charge in [-0.3, -0.25) is 0 Å². The van der Waals surface area contributed by atoms with E-state index in [1.807, 2.05) is 0 Å². The maximum absolute atomic E-state index is 6.62. The van der Waals surface area contributed by atoms with Gasteiger partial charge in [-0.25, -0.2) is 0 Å². The van der Waals surface area contributed by atoms with Crippen LogP contribution in [0.4, 0.5) is 17.1 Å². The van der Waals surface area contributed by atoms with E-state index in [1.54, 1.807) is 0 Å². The quantitative estimate of drug-likeness (QED) is 0.217. The van der Waals surface area contributed by atoms with Crippen molar-refractivity contribution in [2.45, 2.75) is 0 Å². The maximum Gasteiger partial charge on any atom is 0.143 e. The topological polar surface area (TPSA) is 16.4 Å². The Bertz CT molecular complexity index is 2160. The highest BCUT2D eigenvalue weighted by atomic mass is 16.3. The monoisotopic (exact) mass is 537 g/mol. The Labute approximate surface area is 244 Å². The lowest BCUT2D eigenvalue weighted by Gasteiger charge is -2.28. The predicted octanol–water partition coefficient (Wildman–Crippen LogP) is 11.5. The minimum absolute atomic E-state index is 0.886. The molecule has 0 atom stereocenters. The molecule has 1 heterocycles. The third kappa shape index (κ3) is 4.13. The average Bonchev–Trinajstić information content (AvgIpc) is 3.44. The molecule has 0 saturated heterocycles. The maximum atomic E-state index is 6.62. The van der Waals surface area contributed by atoms with Gasteiger partial charge < -0.3 is 9.32 Å². The highest BCUT2D eigenvalue weighted by molar-refractivity contribution is 6.16. The van der Waals surface area contributed by atoms with E-state index in [0.29, 0.717) is 0 Å². The van der Waals surface area contributed by atoms with Crippen molar-refractivity contribution < 1.29 is 4.42 Å². The van der Waals surface area contributed by atoms with Gasteiger partial charge in [-0.1, -0.05) is 121 Å². The first-order valence-electron chi connectivity index (χ1n) is 14.3. The number of rotatable bonds is 5. The number of benzene rings is 7. The summed E-state index contributed by atoms with van der Waals surface area (Å²) in [7, 11) is 0. The van der Waals surface area contributed by atoms with Crippen molar-refractivity contribution in [1.29, 1.82) is 0 Å². The second-order valence-corrected chi connectivity index (χ2v) is 10.6. The van der Waals surface area contributed by atoms with Crippen LogP contribution >= 0.6 is 0 Å². The van der Waals surface area contributed by atoms with Gasteiger partial charge in [0.05, 0.1) is 5.69 Å². The first-order chi connectivity index (χ1) is 20.8. The Hall–Kier alpha value is -5.60. The zero-order chi connectivity index (χ0) is 27.9. The van der Waals surface area contributed by atoms with Crippen LogP contribution in [-0.2, 0) is 0 Å². The molecule has 0 fully saturated rings. The zero-order valence-electron chi connectivity index (χ0n) is 22.9. The third-order valence-corrected chi connectivity index (χ3v) is 8.05. The van der Waals surface area contributed by atoms with Crippen LogP contribution in [0, 0.1) is 0 Å². The Morgan fingerprint density at radius 1 is 0.405 bits per heavy atom. The molecule has 0 N–H and O–H groups in total. The van der Waals surface area contributed by atoms with Crippen molar-refractivity contribution in [3.63, 3.8) is 0 Å². The number of furan rings is 1. The third-order valence-electron chi connectivity index (χ3n) is 8.05. The molecule has 0 aliphatic rings. The van der Waals surface area contributed by atoms with Gasteiger partial charge in [0, 0.05) is 33.1 Å². The molecule has 0 aliphatic heterocycles. The molecule has 8 rings (SSSR count). The fraction of sp³-hybridized carbons (Fsp3) is 0. The molecule has 7 aromatic carbocycles. The van der Waals surface area contributed by atoms with Crippen molar-refractivity contribution in [3.05, 3.63) is 164 Å². The lowest BCUT2D eigenvalue weighted by atomic mass is 9.98. The van der Waals surface area contributed by atoms with Gasteiger partial charge in [0.1, 0.15) is 11.2 Å². The molecule has 0 radical (unpaired) electrons. The average molecular weight is 538 g/mol. The number of para-hydroxylation sites is 1. The van der Waals surface area contributed by atoms with E-state index in [1.165, 1.54) is 16.5 Å². The lowest BCUT2D eigenvalue weighted by molar-refractivity contribution is 0.673. The first kappa shape index (κ1) is 24.2. The van der Waals surface area contributed by atoms with Gasteiger partial charge in [-0.2, -0.15) is 0 Å². The summed E-state index contributed by atoms with van der Waals surface area (Å²) < 4.78 is 6.62. The van der Waals surface area contributed by atoms with Crippen LogP contribution < -0.4 is 4.90 Å². The molecule has 0 unspecified atom stereocenters. The molecule has 2 heteroatoms. The Morgan fingerprint density at radius 3 is 1.74 bits per heavy atom. The van der Waals surface area contributed by atoms with E-state index in [9.17, 15) is 0 Å². The van der Waals surface area contributed by atoms with E-state index >= 15 is 0 Å². The van der Waals surface area contributed by atoms with E-state index < -0.39 is 0 Å². The van der Waals surface area contributed by atoms with E-state index in [-0.39, 0.29) is 0 Å². The predicted molar refractivity (Wildman–Crippen MR) is 177 cm³/mol. The van der Waals surface area contributed by atoms with Gasteiger partial charge in [0.2, 0.25) is 0 Å². The SMILES string of the molecule is c1ccc(-c2ccc(N(c3ccccc3)c3cc4c(cc3-c3ccccc3)oc3c5ccccc5ccc43)cc2)cc1. The van der Waals surface area contributed by atoms with Gasteiger partial charge in [0.25, 0.3) is 0 Å². The molecule has 198 valence electrons. The van der Waals surface area contributed by atoms with Gasteiger partial charge >= 0.3 is 0 Å². The number of anilines is 3. The highest BCUT2D eigenvalue weighted by Crippen LogP contribution is 2.45. The summed E-state index contributed by atoms with van der Waals surface area (Å²) in [6.07, 6.45) is 0. The summed E-state index contributed by atoms with van der Waals surface area (Å²) in [6.45, 7) is 0. The Balaban J connectivity index is 1.40. The lowest BCUT2D eigenvalue weighted by Crippen LogP contribution is -2.11. The van der Waals surface area contributed by atoms with Crippen molar-refractivity contribution in [2.75, 3.05) is 4.90 Å². The fourth-order valence-corrected chi connectivity index (χ4v) is 6.01. The standard InChI is InChI=1S/C40H27NO/c1-4-12-28(13-5-1)29-20-23-33(24-21-29)41(32-17-8-3-9-18-32)38-26-37-35-25-22-31-16-10-11-19-34(31)40(35)42-39(37)27-36(38)30-14-6-2-7-15-30/h1-27H. The second kappa shape index (κ2) is 10.1. The van der Waals surface area contributed by atoms with Gasteiger partial charge in [-0.15, -0.1) is 0 Å². The largest absolute Gasteiger partial charge is 0.455 e. The molecular weight excluding hydrogens is 510 g/mol. The minimum Gasteiger partial charge on any atom is -0.455 e. The minimum atomic E-state index is 0.886. The van der Waals surface area contributed by atoms with Crippen LogP contribution in [0.1, 0.15) is 0 Å². The number of hydrogen-bond acceptors (Lipinski definition) is 2. The number of fused-ring (bicyclic) bond motifs is 5. The first-order valence-corrected chi connectivity index (χ1v) is 14.3. The molecule has 0 saturated carbocycles. The zero-order valence-corrected chi connectivity index (χ0v) is 22.9. The van der Waals surface area contributed by atoms with Crippen LogP contribution in [0.5, 0.6) is 0 Å². The Morgan fingerprint density at radius 2 is 1.00 bits per heavy atom. The molecular formula is C40H27NO. The van der Waals surface area contributed by atoms with E-state index in [2.05, 4.69) is 169 Å². The summed E-state index contributed by atoms with van der Waals surface area (Å²) in [4.78, 5) is 2.36. The number of hydrogen-bond donors (Lipinski definition) is 0. The van der Waals surface area contributed by atoms with Crippen LogP contribution in [0.3, 0.4) is 0 Å². The summed E-state index contributed by atoms with van der Waals surface area (Å²) in [5.41, 5.74) is 9.76. The van der Waals surface area contributed by atoms with E-state index in [0.717, 1.165) is 55.5 Å². The molecule has 8 aromatic rings. The summed E-state index contributed by atoms with van der Waals surface area (Å²) >= 11 is 0. The smallest absolute Gasteiger partial charge is 0.143 e. The molecule has 0 spiro atoms. The van der Waals surface area contributed by atoms with Crippen molar-refractivity contribution in [3.8, 4) is 22.3 Å². The number of nitrogens with zero attached hydrogens (tertiary/aromatic N) is 1. The molecule has 0 aliphatic carbocycles. The van der Waals surface area contributed by atoms with E-state index in [4.69, 9.17) is 4.42 Å². The molecule has 42 heavy (non-hydrogen) atoms. The highest BCUT2D eigenvalue weighted by Gasteiger charge is 2.21. The summed E-state index contributed by atoms with van der Waals surface area (Å²) in [5.74, 6) is 0. The van der Waals surface area contributed by atoms with Crippen LogP contribution in [0.2, 0.25) is 0 Å². The van der Waals surface area contributed by atoms with Crippen LogP contribution in [0.25, 0.3) is 55.0 Å². The molecule has 1 aromatic heterocycles. The van der Waals surface area contributed by atoms with Crippen LogP contribution in [-0.4, -0.2) is 0 Å². The molecule has 0 bridgehead atoms. The normalized spacial score (nSPS) is 11.3. The van der Waals surface area contributed by atoms with Crippen molar-refractivity contribution >= 4 is 49.8 Å². The van der Waals surface area contributed by atoms with Gasteiger partial charge in [-0.05, 0) is 64.5 Å². The van der Waals surface area contributed by atoms with Crippen molar-refractivity contribution in [1.82, 2.24) is 0 Å². The second-order valence-electron chi connectivity index (χ2n) is 10.6.